The van der Waals surface area contributed by atoms with Crippen molar-refractivity contribution in [3.8, 4) is 0 Å². The second-order valence-electron chi connectivity index (χ2n) is 4.73. The van der Waals surface area contributed by atoms with Gasteiger partial charge in [0.1, 0.15) is 11.6 Å². The zero-order chi connectivity index (χ0) is 15.9. The largest absolute Gasteiger partial charge is 0.386 e. The summed E-state index contributed by atoms with van der Waals surface area (Å²) in [6, 6.07) is 11.1. The van der Waals surface area contributed by atoms with Crippen LogP contribution in [0.5, 0.6) is 0 Å². The Balaban J connectivity index is 1.78. The number of carbonyl (C=O) groups excluding carboxylic acids is 1. The van der Waals surface area contributed by atoms with Gasteiger partial charge in [0.25, 0.3) is 0 Å². The maximum Gasteiger partial charge on any atom is 0.315 e. The van der Waals surface area contributed by atoms with Gasteiger partial charge in [0.15, 0.2) is 0 Å². The molecule has 116 valence electrons. The number of aliphatic hydroxyl groups is 1. The minimum atomic E-state index is -1.13. The number of benzene rings is 2. The highest BCUT2D eigenvalue weighted by Gasteiger charge is 2.13. The van der Waals surface area contributed by atoms with E-state index in [4.69, 9.17) is 0 Å². The molecule has 0 heterocycles. The lowest BCUT2D eigenvalue weighted by atomic mass is 10.1. The zero-order valence-electron chi connectivity index (χ0n) is 11.7. The number of carbonyl (C=O) groups is 1. The number of hydrogen-bond donors (Lipinski definition) is 3. The molecule has 0 bridgehead atoms. The van der Waals surface area contributed by atoms with Crippen molar-refractivity contribution in [2.45, 2.75) is 12.6 Å². The van der Waals surface area contributed by atoms with Gasteiger partial charge < -0.3 is 15.7 Å². The molecule has 0 aromatic heterocycles. The van der Waals surface area contributed by atoms with Crippen LogP contribution in [0.15, 0.2) is 48.5 Å². The van der Waals surface area contributed by atoms with E-state index in [1.807, 2.05) is 0 Å². The number of hydrogen-bond acceptors (Lipinski definition) is 2. The lowest BCUT2D eigenvalue weighted by Crippen LogP contribution is -2.37. The molecule has 0 saturated carbocycles. The van der Waals surface area contributed by atoms with Crippen molar-refractivity contribution in [1.29, 1.82) is 0 Å². The maximum absolute atomic E-state index is 13.4. The van der Waals surface area contributed by atoms with Gasteiger partial charge in [-0.05, 0) is 23.8 Å². The van der Waals surface area contributed by atoms with Gasteiger partial charge in [0, 0.05) is 18.7 Å². The van der Waals surface area contributed by atoms with Crippen LogP contribution in [0.1, 0.15) is 17.2 Å². The molecular weight excluding hydrogens is 290 g/mol. The van der Waals surface area contributed by atoms with Crippen molar-refractivity contribution in [1.82, 2.24) is 10.6 Å². The SMILES string of the molecule is O=C(NCc1ccc(F)cc1)NCC(O)c1ccccc1F. The summed E-state index contributed by atoms with van der Waals surface area (Å²) >= 11 is 0. The third kappa shape index (κ3) is 4.53. The van der Waals surface area contributed by atoms with E-state index in [0.29, 0.717) is 0 Å². The molecule has 2 aromatic rings. The number of halogens is 2. The van der Waals surface area contributed by atoms with Crippen LogP contribution in [0.3, 0.4) is 0 Å². The highest BCUT2D eigenvalue weighted by molar-refractivity contribution is 5.73. The number of amides is 2. The Morgan fingerprint density at radius 1 is 1.05 bits per heavy atom. The Bertz CT molecular complexity index is 632. The van der Waals surface area contributed by atoms with Gasteiger partial charge in [0.2, 0.25) is 0 Å². The first-order chi connectivity index (χ1) is 10.6. The molecule has 0 saturated heterocycles. The summed E-state index contributed by atoms with van der Waals surface area (Å²) in [5, 5.41) is 14.9. The van der Waals surface area contributed by atoms with E-state index in [9.17, 15) is 18.7 Å². The molecule has 6 heteroatoms. The Hall–Kier alpha value is -2.47. The fourth-order valence-corrected chi connectivity index (χ4v) is 1.89. The van der Waals surface area contributed by atoms with Crippen LogP contribution >= 0.6 is 0 Å². The van der Waals surface area contributed by atoms with Crippen LogP contribution in [0.25, 0.3) is 0 Å². The summed E-state index contributed by atoms with van der Waals surface area (Å²) in [4.78, 5) is 11.6. The molecule has 0 aliphatic carbocycles. The predicted octanol–water partition coefficient (Wildman–Crippen LogP) is 2.50. The summed E-state index contributed by atoms with van der Waals surface area (Å²) in [5.74, 6) is -0.871. The zero-order valence-corrected chi connectivity index (χ0v) is 11.7. The van der Waals surface area contributed by atoms with Crippen LogP contribution in [0.2, 0.25) is 0 Å². The second-order valence-corrected chi connectivity index (χ2v) is 4.73. The molecular formula is C16H16F2N2O2. The number of nitrogens with one attached hydrogen (secondary N) is 2. The van der Waals surface area contributed by atoms with Crippen molar-refractivity contribution in [2.75, 3.05) is 6.54 Å². The quantitative estimate of drug-likeness (QED) is 0.795. The Labute approximate surface area is 126 Å². The minimum Gasteiger partial charge on any atom is -0.386 e. The van der Waals surface area contributed by atoms with Gasteiger partial charge in [-0.25, -0.2) is 13.6 Å². The first-order valence-electron chi connectivity index (χ1n) is 6.75. The van der Waals surface area contributed by atoms with E-state index < -0.39 is 18.0 Å². The van der Waals surface area contributed by atoms with Crippen molar-refractivity contribution >= 4 is 6.03 Å². The average molecular weight is 306 g/mol. The standard InChI is InChI=1S/C16H16F2N2O2/c17-12-7-5-11(6-8-12)9-19-16(22)20-10-15(21)13-3-1-2-4-14(13)18/h1-8,15,21H,9-10H2,(H2,19,20,22). The third-order valence-electron chi connectivity index (χ3n) is 3.09. The molecule has 1 atom stereocenters. The van der Waals surface area contributed by atoms with E-state index in [2.05, 4.69) is 10.6 Å². The Kier molecular flexibility index (Phi) is 5.43. The highest BCUT2D eigenvalue weighted by Crippen LogP contribution is 2.15. The highest BCUT2D eigenvalue weighted by atomic mass is 19.1. The van der Waals surface area contributed by atoms with Crippen LogP contribution in [-0.4, -0.2) is 17.7 Å². The van der Waals surface area contributed by atoms with E-state index in [0.717, 1.165) is 5.56 Å². The van der Waals surface area contributed by atoms with Gasteiger partial charge >= 0.3 is 6.03 Å². The summed E-state index contributed by atoms with van der Waals surface area (Å²) in [6.45, 7) is 0.109. The van der Waals surface area contributed by atoms with Crippen molar-refractivity contribution in [3.05, 3.63) is 71.3 Å². The molecule has 1 unspecified atom stereocenters. The number of urea groups is 1. The molecule has 22 heavy (non-hydrogen) atoms. The van der Waals surface area contributed by atoms with Crippen molar-refractivity contribution in [3.63, 3.8) is 0 Å². The third-order valence-corrected chi connectivity index (χ3v) is 3.09. The van der Waals surface area contributed by atoms with Crippen LogP contribution < -0.4 is 10.6 Å². The fourth-order valence-electron chi connectivity index (χ4n) is 1.89. The Morgan fingerprint density at radius 3 is 2.41 bits per heavy atom. The van der Waals surface area contributed by atoms with Crippen LogP contribution in [0, 0.1) is 11.6 Å². The average Bonchev–Trinajstić information content (AvgIpc) is 2.52. The summed E-state index contributed by atoms with van der Waals surface area (Å²) in [6.07, 6.45) is -1.13. The number of aliphatic hydroxyl groups excluding tert-OH is 1. The van der Waals surface area contributed by atoms with E-state index in [1.54, 1.807) is 18.2 Å². The van der Waals surface area contributed by atoms with Gasteiger partial charge in [-0.1, -0.05) is 30.3 Å². The number of rotatable bonds is 5. The van der Waals surface area contributed by atoms with E-state index >= 15 is 0 Å². The van der Waals surface area contributed by atoms with Gasteiger partial charge in [-0.15, -0.1) is 0 Å². The minimum absolute atomic E-state index is 0.115. The van der Waals surface area contributed by atoms with Gasteiger partial charge in [-0.3, -0.25) is 0 Å². The molecule has 2 aromatic carbocycles. The molecule has 0 radical (unpaired) electrons. The second kappa shape index (κ2) is 7.51. The van der Waals surface area contributed by atoms with E-state index in [-0.39, 0.29) is 24.5 Å². The lowest BCUT2D eigenvalue weighted by molar-refractivity contribution is 0.169. The van der Waals surface area contributed by atoms with Crippen LogP contribution in [-0.2, 0) is 6.54 Å². The first kappa shape index (κ1) is 15.9. The molecule has 0 aliphatic heterocycles. The monoisotopic (exact) mass is 306 g/mol. The first-order valence-corrected chi connectivity index (χ1v) is 6.75. The molecule has 2 amide bonds. The van der Waals surface area contributed by atoms with Crippen LogP contribution in [0.4, 0.5) is 13.6 Å². The lowest BCUT2D eigenvalue weighted by Gasteiger charge is -2.13. The molecule has 3 N–H and O–H groups in total. The summed E-state index contributed by atoms with van der Waals surface area (Å²) in [5.41, 5.74) is 0.868. The van der Waals surface area contributed by atoms with Crippen molar-refractivity contribution in [2.24, 2.45) is 0 Å². The maximum atomic E-state index is 13.4. The molecule has 0 spiro atoms. The molecule has 0 fully saturated rings. The van der Waals surface area contributed by atoms with Gasteiger partial charge in [-0.2, -0.15) is 0 Å². The normalized spacial score (nSPS) is 11.8. The van der Waals surface area contributed by atoms with Gasteiger partial charge in [0.05, 0.1) is 6.10 Å². The fraction of sp³-hybridized carbons (Fsp3) is 0.188. The molecule has 0 aliphatic rings. The summed E-state index contributed by atoms with van der Waals surface area (Å²) in [7, 11) is 0. The smallest absolute Gasteiger partial charge is 0.315 e. The molecule has 2 rings (SSSR count). The summed E-state index contributed by atoms with van der Waals surface area (Å²) < 4.78 is 26.2. The topological polar surface area (TPSA) is 61.4 Å². The van der Waals surface area contributed by atoms with E-state index in [1.165, 1.54) is 30.3 Å². The van der Waals surface area contributed by atoms with Crippen molar-refractivity contribution < 1.29 is 18.7 Å². The predicted molar refractivity (Wildman–Crippen MR) is 78.0 cm³/mol. The molecule has 4 nitrogen and oxygen atoms in total. The Morgan fingerprint density at radius 2 is 1.73 bits per heavy atom.